The van der Waals surface area contributed by atoms with Crippen LogP contribution in [0.1, 0.15) is 29.5 Å². The van der Waals surface area contributed by atoms with E-state index in [1.54, 1.807) is 7.11 Å². The van der Waals surface area contributed by atoms with Crippen molar-refractivity contribution in [3.8, 4) is 11.5 Å². The van der Waals surface area contributed by atoms with Crippen LogP contribution in [0, 0.1) is 6.92 Å². The second kappa shape index (κ2) is 5.54. The average molecular weight is 274 g/mol. The van der Waals surface area contributed by atoms with Crippen molar-refractivity contribution in [2.45, 2.75) is 25.9 Å². The Balaban J connectivity index is 1.75. The van der Waals surface area contributed by atoms with E-state index in [4.69, 9.17) is 14.0 Å². The van der Waals surface area contributed by atoms with Gasteiger partial charge >= 0.3 is 0 Å². The van der Waals surface area contributed by atoms with Gasteiger partial charge in [0.05, 0.1) is 26.0 Å². The van der Waals surface area contributed by atoms with Gasteiger partial charge in [-0.3, -0.25) is 0 Å². The lowest BCUT2D eigenvalue weighted by atomic mass is 10.00. The minimum atomic E-state index is 0.235. The van der Waals surface area contributed by atoms with E-state index < -0.39 is 0 Å². The number of nitrogens with one attached hydrogen (secondary N) is 1. The molecule has 0 spiro atoms. The Labute approximate surface area is 117 Å². The molecule has 2 heterocycles. The van der Waals surface area contributed by atoms with Crippen LogP contribution in [0.5, 0.6) is 11.5 Å². The van der Waals surface area contributed by atoms with Crippen LogP contribution in [-0.4, -0.2) is 18.9 Å². The van der Waals surface area contributed by atoms with Crippen molar-refractivity contribution < 1.29 is 14.0 Å². The van der Waals surface area contributed by atoms with Crippen molar-refractivity contribution in [1.29, 1.82) is 0 Å². The van der Waals surface area contributed by atoms with E-state index in [1.807, 2.05) is 31.2 Å². The second-order valence-corrected chi connectivity index (χ2v) is 4.91. The van der Waals surface area contributed by atoms with E-state index in [0.717, 1.165) is 34.9 Å². The first kappa shape index (κ1) is 13.0. The summed E-state index contributed by atoms with van der Waals surface area (Å²) in [5.41, 5.74) is 2.03. The van der Waals surface area contributed by atoms with Gasteiger partial charge < -0.3 is 19.3 Å². The third-order valence-electron chi connectivity index (χ3n) is 3.46. The number of hydrogen-bond acceptors (Lipinski definition) is 5. The maximum absolute atomic E-state index is 5.68. The average Bonchev–Trinajstić information content (AvgIpc) is 2.90. The molecule has 0 fully saturated rings. The molecular weight excluding hydrogens is 256 g/mol. The lowest BCUT2D eigenvalue weighted by molar-refractivity contribution is 0.247. The lowest BCUT2D eigenvalue weighted by Crippen LogP contribution is -2.26. The lowest BCUT2D eigenvalue weighted by Gasteiger charge is -2.26. The number of nitrogens with zero attached hydrogens (tertiary/aromatic N) is 1. The largest absolute Gasteiger partial charge is 0.497 e. The summed E-state index contributed by atoms with van der Waals surface area (Å²) in [5, 5.41) is 7.38. The zero-order valence-corrected chi connectivity index (χ0v) is 11.7. The number of aromatic nitrogens is 1. The van der Waals surface area contributed by atoms with E-state index >= 15 is 0 Å². The van der Waals surface area contributed by atoms with Gasteiger partial charge in [-0.15, -0.1) is 0 Å². The highest BCUT2D eigenvalue weighted by molar-refractivity contribution is 5.43. The number of hydrogen-bond donors (Lipinski definition) is 1. The minimum Gasteiger partial charge on any atom is -0.497 e. The van der Waals surface area contributed by atoms with Crippen LogP contribution in [0.3, 0.4) is 0 Å². The first-order valence-electron chi connectivity index (χ1n) is 6.72. The standard InChI is InChI=1S/C15H18N2O3/c1-10-7-12(20-17-10)9-16-14-5-6-19-15-4-3-11(18-2)8-13(14)15/h3-4,7-8,14,16H,5-6,9H2,1-2H3. The van der Waals surface area contributed by atoms with Gasteiger partial charge in [0.2, 0.25) is 0 Å². The Kier molecular flexibility index (Phi) is 3.60. The third kappa shape index (κ3) is 2.63. The molecule has 0 aliphatic carbocycles. The highest BCUT2D eigenvalue weighted by Crippen LogP contribution is 2.34. The summed E-state index contributed by atoms with van der Waals surface area (Å²) in [6.45, 7) is 3.29. The maximum atomic E-state index is 5.68. The normalized spacial score (nSPS) is 17.4. The van der Waals surface area contributed by atoms with Gasteiger partial charge in [0, 0.05) is 24.1 Å². The molecule has 1 aromatic carbocycles. The number of ether oxygens (including phenoxy) is 2. The van der Waals surface area contributed by atoms with Gasteiger partial charge in [-0.1, -0.05) is 5.16 Å². The molecule has 5 nitrogen and oxygen atoms in total. The SMILES string of the molecule is COc1ccc2c(c1)C(NCc1cc(C)no1)CCO2. The van der Waals surface area contributed by atoms with E-state index in [1.165, 1.54) is 0 Å². The Bertz CT molecular complexity index is 595. The van der Waals surface area contributed by atoms with E-state index in [-0.39, 0.29) is 6.04 Å². The van der Waals surface area contributed by atoms with Crippen molar-refractivity contribution in [2.75, 3.05) is 13.7 Å². The molecule has 106 valence electrons. The fraction of sp³-hybridized carbons (Fsp3) is 0.400. The molecule has 1 aliphatic heterocycles. The molecule has 0 saturated carbocycles. The summed E-state index contributed by atoms with van der Waals surface area (Å²) in [6, 6.07) is 8.08. The molecule has 0 amide bonds. The van der Waals surface area contributed by atoms with Crippen molar-refractivity contribution in [2.24, 2.45) is 0 Å². The summed E-state index contributed by atoms with van der Waals surface area (Å²) in [7, 11) is 1.67. The molecule has 1 aliphatic rings. The molecule has 1 atom stereocenters. The van der Waals surface area contributed by atoms with Crippen LogP contribution in [-0.2, 0) is 6.54 Å². The van der Waals surface area contributed by atoms with E-state index in [9.17, 15) is 0 Å². The van der Waals surface area contributed by atoms with Gasteiger partial charge in [0.15, 0.2) is 5.76 Å². The molecule has 1 aromatic heterocycles. The monoisotopic (exact) mass is 274 g/mol. The predicted octanol–water partition coefficient (Wildman–Crippen LogP) is 2.61. The smallest absolute Gasteiger partial charge is 0.150 e. The van der Waals surface area contributed by atoms with Crippen molar-refractivity contribution in [1.82, 2.24) is 10.5 Å². The highest BCUT2D eigenvalue weighted by Gasteiger charge is 2.22. The van der Waals surface area contributed by atoms with Gasteiger partial charge in [0.25, 0.3) is 0 Å². The Morgan fingerprint density at radius 3 is 3.05 bits per heavy atom. The topological polar surface area (TPSA) is 56.5 Å². The van der Waals surface area contributed by atoms with Crippen LogP contribution in [0.15, 0.2) is 28.8 Å². The summed E-state index contributed by atoms with van der Waals surface area (Å²) in [6.07, 6.45) is 0.924. The third-order valence-corrected chi connectivity index (χ3v) is 3.46. The van der Waals surface area contributed by atoms with Crippen LogP contribution in [0.4, 0.5) is 0 Å². The van der Waals surface area contributed by atoms with Gasteiger partial charge in [-0.25, -0.2) is 0 Å². The Hall–Kier alpha value is -2.01. The van der Waals surface area contributed by atoms with E-state index in [0.29, 0.717) is 13.2 Å². The summed E-state index contributed by atoms with van der Waals surface area (Å²) < 4.78 is 16.2. The molecular formula is C15H18N2O3. The predicted molar refractivity (Wildman–Crippen MR) is 73.9 cm³/mol. The number of rotatable bonds is 4. The first-order valence-corrected chi connectivity index (χ1v) is 6.72. The van der Waals surface area contributed by atoms with Gasteiger partial charge in [-0.05, 0) is 25.1 Å². The number of fused-ring (bicyclic) bond motifs is 1. The fourth-order valence-corrected chi connectivity index (χ4v) is 2.43. The molecule has 1 N–H and O–H groups in total. The molecule has 20 heavy (non-hydrogen) atoms. The van der Waals surface area contributed by atoms with Crippen molar-refractivity contribution in [3.63, 3.8) is 0 Å². The van der Waals surface area contributed by atoms with Crippen LogP contribution in [0.2, 0.25) is 0 Å². The highest BCUT2D eigenvalue weighted by atomic mass is 16.5. The fourth-order valence-electron chi connectivity index (χ4n) is 2.43. The number of aryl methyl sites for hydroxylation is 1. The van der Waals surface area contributed by atoms with Crippen molar-refractivity contribution >= 4 is 0 Å². The quantitative estimate of drug-likeness (QED) is 0.928. The second-order valence-electron chi connectivity index (χ2n) is 4.91. The maximum Gasteiger partial charge on any atom is 0.150 e. The summed E-state index contributed by atoms with van der Waals surface area (Å²) >= 11 is 0. The van der Waals surface area contributed by atoms with Crippen LogP contribution in [0.25, 0.3) is 0 Å². The Morgan fingerprint density at radius 1 is 1.40 bits per heavy atom. The van der Waals surface area contributed by atoms with E-state index in [2.05, 4.69) is 10.5 Å². The van der Waals surface area contributed by atoms with Crippen LogP contribution < -0.4 is 14.8 Å². The molecule has 2 aromatic rings. The summed E-state index contributed by atoms with van der Waals surface area (Å²) in [4.78, 5) is 0. The molecule has 3 rings (SSSR count). The Morgan fingerprint density at radius 2 is 2.30 bits per heavy atom. The molecule has 5 heteroatoms. The van der Waals surface area contributed by atoms with Crippen molar-refractivity contribution in [3.05, 3.63) is 41.3 Å². The molecule has 0 radical (unpaired) electrons. The zero-order chi connectivity index (χ0) is 13.9. The first-order chi connectivity index (χ1) is 9.76. The molecule has 0 bridgehead atoms. The number of methoxy groups -OCH3 is 1. The summed E-state index contributed by atoms with van der Waals surface area (Å²) in [5.74, 6) is 2.61. The van der Waals surface area contributed by atoms with Gasteiger partial charge in [-0.2, -0.15) is 0 Å². The minimum absolute atomic E-state index is 0.235. The zero-order valence-electron chi connectivity index (χ0n) is 11.7. The van der Waals surface area contributed by atoms with Gasteiger partial charge in [0.1, 0.15) is 11.5 Å². The molecule has 1 unspecified atom stereocenters. The number of benzene rings is 1. The van der Waals surface area contributed by atoms with Crippen LogP contribution >= 0.6 is 0 Å². The molecule has 0 saturated heterocycles.